The maximum atomic E-state index is 10.2. The van der Waals surface area contributed by atoms with E-state index >= 15 is 0 Å². The number of aliphatic hydroxyl groups excluding tert-OH is 4. The maximum Gasteiger partial charge on any atom is 0.186 e. The Labute approximate surface area is 86.5 Å². The zero-order valence-corrected chi connectivity index (χ0v) is 8.02. The second kappa shape index (κ2) is 5.71. The van der Waals surface area contributed by atoms with E-state index in [0.29, 0.717) is 0 Å². The summed E-state index contributed by atoms with van der Waals surface area (Å²) in [5.74, 6) is 0. The molecular weight excluding hydrogens is 208 g/mol. The molecule has 0 aromatic carbocycles. The van der Waals surface area contributed by atoms with Crippen LogP contribution in [-0.2, 0) is 14.6 Å². The Morgan fingerprint density at radius 3 is 2.33 bits per heavy atom. The van der Waals surface area contributed by atoms with Crippen LogP contribution >= 0.6 is 0 Å². The first-order chi connectivity index (χ1) is 7.11. The van der Waals surface area contributed by atoms with Crippen LogP contribution in [0, 0.1) is 0 Å². The Morgan fingerprint density at radius 1 is 1.13 bits per heavy atom. The van der Waals surface area contributed by atoms with Crippen LogP contribution in [0.3, 0.4) is 0 Å². The quantitative estimate of drug-likeness (QED) is 0.409. The molecule has 1 rings (SSSR count). The molecule has 1 aliphatic rings. The fourth-order valence-corrected chi connectivity index (χ4v) is 1.37. The fraction of sp³-hybridized carbons (Fsp3) is 1.00. The molecule has 89 valence electrons. The lowest BCUT2D eigenvalue weighted by molar-refractivity contribution is -0.302. The summed E-state index contributed by atoms with van der Waals surface area (Å²) >= 11 is 0. The van der Waals surface area contributed by atoms with E-state index in [0.717, 1.165) is 0 Å². The average molecular weight is 223 g/mol. The summed E-state index contributed by atoms with van der Waals surface area (Å²) < 4.78 is 9.79. The van der Waals surface area contributed by atoms with Crippen molar-refractivity contribution in [2.24, 2.45) is 0 Å². The maximum absolute atomic E-state index is 10.2. The van der Waals surface area contributed by atoms with Gasteiger partial charge in [-0.15, -0.1) is 0 Å². The highest BCUT2D eigenvalue weighted by Crippen LogP contribution is 2.21. The molecule has 1 heterocycles. The first-order valence-electron chi connectivity index (χ1n) is 4.62. The minimum Gasteiger partial charge on any atom is -0.394 e. The normalized spacial score (nSPS) is 41.8. The Morgan fingerprint density at radius 2 is 1.80 bits per heavy atom. The summed E-state index contributed by atoms with van der Waals surface area (Å²) in [6.07, 6.45) is -6.51. The highest BCUT2D eigenvalue weighted by Gasteiger charge is 2.43. The van der Waals surface area contributed by atoms with E-state index < -0.39 is 43.9 Å². The Bertz CT molecular complexity index is 186. The summed E-state index contributed by atoms with van der Waals surface area (Å²) in [6, 6.07) is 0. The van der Waals surface area contributed by atoms with Crippen molar-refractivity contribution >= 4 is 0 Å². The molecule has 1 radical (unpaired) electrons. The van der Waals surface area contributed by atoms with Crippen LogP contribution in [0.5, 0.6) is 0 Å². The van der Waals surface area contributed by atoms with Crippen molar-refractivity contribution in [1.82, 2.24) is 0 Å². The lowest BCUT2D eigenvalue weighted by atomic mass is 9.99. The van der Waals surface area contributed by atoms with Gasteiger partial charge in [-0.3, -0.25) is 0 Å². The number of hydrogen-bond acceptors (Lipinski definition) is 6. The molecule has 7 nitrogen and oxygen atoms in total. The van der Waals surface area contributed by atoms with E-state index in [1.54, 1.807) is 0 Å². The minimum absolute atomic E-state index is 0.178. The first-order valence-corrected chi connectivity index (χ1v) is 4.62. The van der Waals surface area contributed by atoms with Crippen molar-refractivity contribution in [3.8, 4) is 0 Å². The average Bonchev–Trinajstić information content (AvgIpc) is 2.25. The molecular formula is C8H15O7. The lowest BCUT2D eigenvalue weighted by Crippen LogP contribution is -2.59. The van der Waals surface area contributed by atoms with E-state index in [2.05, 4.69) is 0 Å². The van der Waals surface area contributed by atoms with Crippen LogP contribution in [-0.4, -0.2) is 71.0 Å². The van der Waals surface area contributed by atoms with Crippen molar-refractivity contribution in [1.29, 1.82) is 0 Å². The third-order valence-corrected chi connectivity index (χ3v) is 2.21. The van der Waals surface area contributed by atoms with Crippen LogP contribution in [0.1, 0.15) is 0 Å². The second-order valence-corrected chi connectivity index (χ2v) is 3.27. The number of rotatable bonds is 4. The second-order valence-electron chi connectivity index (χ2n) is 3.27. The summed E-state index contributed by atoms with van der Waals surface area (Å²) in [4.78, 5) is 0. The topological polar surface area (TPSA) is 119 Å². The summed E-state index contributed by atoms with van der Waals surface area (Å²) in [6.45, 7) is -1.19. The lowest BCUT2D eigenvalue weighted by Gasteiger charge is -2.39. The van der Waals surface area contributed by atoms with Crippen molar-refractivity contribution in [3.05, 3.63) is 0 Å². The summed E-state index contributed by atoms with van der Waals surface area (Å²) in [5, 5.41) is 47.1. The van der Waals surface area contributed by atoms with Crippen LogP contribution in [0.4, 0.5) is 0 Å². The molecule has 0 bridgehead atoms. The van der Waals surface area contributed by atoms with Gasteiger partial charge >= 0.3 is 0 Å². The third kappa shape index (κ3) is 2.85. The van der Waals surface area contributed by atoms with Gasteiger partial charge in [-0.2, -0.15) is 0 Å². The van der Waals surface area contributed by atoms with Crippen molar-refractivity contribution < 1.29 is 35.0 Å². The number of ether oxygens (including phenoxy) is 2. The van der Waals surface area contributed by atoms with Gasteiger partial charge in [-0.1, -0.05) is 0 Å². The van der Waals surface area contributed by atoms with Gasteiger partial charge in [0.1, 0.15) is 31.0 Å². The van der Waals surface area contributed by atoms with Gasteiger partial charge in [-0.05, 0) is 0 Å². The third-order valence-electron chi connectivity index (χ3n) is 2.21. The zero-order chi connectivity index (χ0) is 11.4. The predicted octanol–water partition coefficient (Wildman–Crippen LogP) is -2.77. The van der Waals surface area contributed by atoms with Crippen LogP contribution in [0.2, 0.25) is 0 Å². The van der Waals surface area contributed by atoms with E-state index in [1.165, 1.54) is 0 Å². The van der Waals surface area contributed by atoms with Crippen molar-refractivity contribution in [2.75, 3.05) is 19.8 Å². The van der Waals surface area contributed by atoms with E-state index in [4.69, 9.17) is 14.6 Å². The monoisotopic (exact) mass is 223 g/mol. The first kappa shape index (κ1) is 12.8. The Hall–Kier alpha value is -0.280. The van der Waals surface area contributed by atoms with Gasteiger partial charge in [0.05, 0.1) is 13.2 Å². The van der Waals surface area contributed by atoms with E-state index in [-0.39, 0.29) is 6.61 Å². The molecule has 0 aliphatic carbocycles. The molecule has 0 saturated carbocycles. The van der Waals surface area contributed by atoms with Gasteiger partial charge in [0.25, 0.3) is 0 Å². The zero-order valence-electron chi connectivity index (χ0n) is 8.02. The molecule has 0 aromatic rings. The molecule has 0 spiro atoms. The largest absolute Gasteiger partial charge is 0.394 e. The summed E-state index contributed by atoms with van der Waals surface area (Å²) in [7, 11) is 0. The molecule has 1 fully saturated rings. The van der Waals surface area contributed by atoms with Crippen LogP contribution < -0.4 is 0 Å². The molecule has 5 atom stereocenters. The van der Waals surface area contributed by atoms with Gasteiger partial charge in [0, 0.05) is 0 Å². The molecule has 7 heteroatoms. The smallest absolute Gasteiger partial charge is 0.186 e. The Balaban J connectivity index is 2.57. The molecule has 1 saturated heterocycles. The highest BCUT2D eigenvalue weighted by atomic mass is 16.7. The molecule has 1 aliphatic heterocycles. The van der Waals surface area contributed by atoms with Crippen LogP contribution in [0.15, 0.2) is 0 Å². The minimum atomic E-state index is -1.47. The standard InChI is InChI=1S/C8H15O7/c9-1-2-14-8-7(13)6(12)5(11)4(3-10)15-8/h4-8,10-13H,1-3H2/t4-,5-,6+,7-,8?/m1/s1. The molecule has 4 N–H and O–H groups in total. The van der Waals surface area contributed by atoms with Crippen LogP contribution in [0.25, 0.3) is 0 Å². The number of aliphatic hydroxyl groups is 4. The highest BCUT2D eigenvalue weighted by molar-refractivity contribution is 4.88. The van der Waals surface area contributed by atoms with Gasteiger partial charge in [0.2, 0.25) is 0 Å². The van der Waals surface area contributed by atoms with Gasteiger partial charge < -0.3 is 29.9 Å². The molecule has 0 aromatic heterocycles. The Kier molecular flexibility index (Phi) is 4.87. The summed E-state index contributed by atoms with van der Waals surface area (Å²) in [5.41, 5.74) is 0. The van der Waals surface area contributed by atoms with E-state index in [1.807, 2.05) is 0 Å². The molecule has 0 amide bonds. The SMILES string of the molecule is [O]CCOC1O[C@H](CO)[C@@H](O)[C@H](O)[C@H]1O. The van der Waals surface area contributed by atoms with Crippen molar-refractivity contribution in [2.45, 2.75) is 30.7 Å². The van der Waals surface area contributed by atoms with Crippen molar-refractivity contribution in [3.63, 3.8) is 0 Å². The van der Waals surface area contributed by atoms with Gasteiger partial charge in [0.15, 0.2) is 6.29 Å². The number of hydrogen-bond donors (Lipinski definition) is 4. The van der Waals surface area contributed by atoms with Gasteiger partial charge in [-0.25, -0.2) is 5.11 Å². The molecule has 15 heavy (non-hydrogen) atoms. The molecule has 1 unspecified atom stereocenters. The fourth-order valence-electron chi connectivity index (χ4n) is 1.37. The van der Waals surface area contributed by atoms with E-state index in [9.17, 15) is 20.4 Å². The predicted molar refractivity (Wildman–Crippen MR) is 45.3 cm³/mol.